The highest BCUT2D eigenvalue weighted by Crippen LogP contribution is 2.41. The summed E-state index contributed by atoms with van der Waals surface area (Å²) in [6, 6.07) is 26.8. The molecule has 6 nitrogen and oxygen atoms in total. The zero-order valence-corrected chi connectivity index (χ0v) is 21.2. The average molecular weight is 503 g/mol. The number of rotatable bonds is 6. The molecule has 7 rings (SSSR count). The molecular formula is C32H30N4O2. The van der Waals surface area contributed by atoms with Crippen LogP contribution in [0.2, 0.25) is 0 Å². The number of aromatic nitrogens is 2. The van der Waals surface area contributed by atoms with Crippen LogP contribution in [0.15, 0.2) is 85.1 Å². The Bertz CT molecular complexity index is 1650. The standard InChI is InChI=1S/C32H30N4O2/c37-31-20-35(32(38)30-17-26-16-25(23-8-9-23)10-11-28(26)34-30)19-27(14-21-4-2-1-3-5-21)36(31)18-22-6-7-24-12-13-33-29(24)15-22/h1-7,10-13,15-17,23,27,33-34H,8-9,14,18-20H2/t27-/m0/s1. The molecule has 1 aliphatic heterocycles. The fourth-order valence-corrected chi connectivity index (χ4v) is 5.81. The van der Waals surface area contributed by atoms with Crippen molar-refractivity contribution in [2.75, 3.05) is 13.1 Å². The smallest absolute Gasteiger partial charge is 0.270 e. The molecule has 38 heavy (non-hydrogen) atoms. The molecule has 3 heterocycles. The van der Waals surface area contributed by atoms with E-state index in [0.29, 0.717) is 31.1 Å². The van der Waals surface area contributed by atoms with Gasteiger partial charge in [-0.3, -0.25) is 9.59 Å². The first kappa shape index (κ1) is 22.8. The highest BCUT2D eigenvalue weighted by Gasteiger charge is 2.35. The SMILES string of the molecule is O=C(c1cc2cc(C3CC3)ccc2[nH]1)N1CC(=O)N(Cc2ccc3cc[nH]c3c2)[C@@H](Cc2ccccc2)C1. The van der Waals surface area contributed by atoms with Crippen molar-refractivity contribution in [2.45, 2.75) is 37.8 Å². The van der Waals surface area contributed by atoms with Gasteiger partial charge in [-0.15, -0.1) is 0 Å². The Hall–Kier alpha value is -4.32. The van der Waals surface area contributed by atoms with Crippen molar-refractivity contribution >= 4 is 33.6 Å². The average Bonchev–Trinajstić information content (AvgIpc) is 3.53. The molecule has 2 fully saturated rings. The zero-order chi connectivity index (χ0) is 25.6. The number of nitrogens with one attached hydrogen (secondary N) is 2. The number of amides is 2. The number of hydrogen-bond acceptors (Lipinski definition) is 2. The van der Waals surface area contributed by atoms with Crippen LogP contribution < -0.4 is 0 Å². The molecule has 6 heteroatoms. The molecule has 0 bridgehead atoms. The Morgan fingerprint density at radius 2 is 1.74 bits per heavy atom. The third kappa shape index (κ3) is 4.36. The second-order valence-electron chi connectivity index (χ2n) is 10.8. The van der Waals surface area contributed by atoms with Crippen LogP contribution in [0.4, 0.5) is 0 Å². The fraction of sp³-hybridized carbons (Fsp3) is 0.250. The maximum absolute atomic E-state index is 13.6. The molecule has 1 aliphatic carbocycles. The first-order valence-electron chi connectivity index (χ1n) is 13.4. The number of hydrogen-bond donors (Lipinski definition) is 2. The van der Waals surface area contributed by atoms with Crippen LogP contribution >= 0.6 is 0 Å². The van der Waals surface area contributed by atoms with Gasteiger partial charge in [-0.1, -0.05) is 48.5 Å². The Morgan fingerprint density at radius 1 is 0.868 bits per heavy atom. The van der Waals surface area contributed by atoms with Crippen LogP contribution in [0.5, 0.6) is 0 Å². The van der Waals surface area contributed by atoms with E-state index in [0.717, 1.165) is 32.9 Å². The molecular weight excluding hydrogens is 472 g/mol. The van der Waals surface area contributed by atoms with Gasteiger partial charge in [0.05, 0.1) is 6.04 Å². The van der Waals surface area contributed by atoms with Gasteiger partial charge in [0.25, 0.3) is 5.91 Å². The summed E-state index contributed by atoms with van der Waals surface area (Å²) in [6.45, 7) is 1.09. The number of carbonyl (C=O) groups excluding carboxylic acids is 2. The molecule has 0 spiro atoms. The second kappa shape index (κ2) is 9.21. The van der Waals surface area contributed by atoms with Crippen LogP contribution in [0.1, 0.15) is 45.9 Å². The molecule has 2 N–H and O–H groups in total. The number of benzene rings is 3. The highest BCUT2D eigenvalue weighted by molar-refractivity contribution is 6.00. The van der Waals surface area contributed by atoms with E-state index in [-0.39, 0.29) is 24.4 Å². The minimum Gasteiger partial charge on any atom is -0.361 e. The molecule has 0 radical (unpaired) electrons. The molecule has 2 aliphatic rings. The van der Waals surface area contributed by atoms with Gasteiger partial charge >= 0.3 is 0 Å². The maximum atomic E-state index is 13.6. The zero-order valence-electron chi connectivity index (χ0n) is 21.2. The van der Waals surface area contributed by atoms with Gasteiger partial charge in [0.1, 0.15) is 12.2 Å². The van der Waals surface area contributed by atoms with E-state index in [1.165, 1.54) is 18.4 Å². The van der Waals surface area contributed by atoms with Crippen LogP contribution in [0.3, 0.4) is 0 Å². The molecule has 1 saturated carbocycles. The topological polar surface area (TPSA) is 72.2 Å². The number of H-pyrrole nitrogens is 2. The number of carbonyl (C=O) groups is 2. The van der Waals surface area contributed by atoms with Crippen molar-refractivity contribution < 1.29 is 9.59 Å². The lowest BCUT2D eigenvalue weighted by Crippen LogP contribution is -2.58. The third-order valence-corrected chi connectivity index (χ3v) is 8.02. The van der Waals surface area contributed by atoms with Crippen molar-refractivity contribution in [2.24, 2.45) is 0 Å². The maximum Gasteiger partial charge on any atom is 0.270 e. The van der Waals surface area contributed by atoms with Gasteiger partial charge < -0.3 is 19.8 Å². The minimum atomic E-state index is -0.118. The summed E-state index contributed by atoms with van der Waals surface area (Å²) < 4.78 is 0. The van der Waals surface area contributed by atoms with Crippen molar-refractivity contribution in [1.82, 2.24) is 19.8 Å². The molecule has 2 aromatic heterocycles. The van der Waals surface area contributed by atoms with Gasteiger partial charge in [-0.05, 0) is 77.6 Å². The van der Waals surface area contributed by atoms with E-state index < -0.39 is 0 Å². The minimum absolute atomic E-state index is 0.0238. The largest absolute Gasteiger partial charge is 0.361 e. The molecule has 3 aromatic carbocycles. The number of piperazine rings is 1. The second-order valence-corrected chi connectivity index (χ2v) is 10.8. The number of nitrogens with zero attached hydrogens (tertiary/aromatic N) is 2. The van der Waals surface area contributed by atoms with Gasteiger partial charge in [0, 0.05) is 35.7 Å². The highest BCUT2D eigenvalue weighted by atomic mass is 16.2. The molecule has 5 aromatic rings. The molecule has 2 amide bonds. The van der Waals surface area contributed by atoms with Crippen molar-refractivity contribution in [3.63, 3.8) is 0 Å². The van der Waals surface area contributed by atoms with Crippen molar-refractivity contribution in [1.29, 1.82) is 0 Å². The van der Waals surface area contributed by atoms with E-state index in [2.05, 4.69) is 58.5 Å². The van der Waals surface area contributed by atoms with E-state index in [1.807, 2.05) is 41.4 Å². The summed E-state index contributed by atoms with van der Waals surface area (Å²) in [7, 11) is 0. The fourth-order valence-electron chi connectivity index (χ4n) is 5.81. The van der Waals surface area contributed by atoms with Gasteiger partial charge in [-0.25, -0.2) is 0 Å². The van der Waals surface area contributed by atoms with Crippen LogP contribution in [0.25, 0.3) is 21.8 Å². The molecule has 190 valence electrons. The van der Waals surface area contributed by atoms with Crippen molar-refractivity contribution in [3.8, 4) is 0 Å². The third-order valence-electron chi connectivity index (χ3n) is 8.02. The first-order chi connectivity index (χ1) is 18.6. The lowest BCUT2D eigenvalue weighted by molar-refractivity contribution is -0.139. The summed E-state index contributed by atoms with van der Waals surface area (Å²) >= 11 is 0. The monoisotopic (exact) mass is 502 g/mol. The van der Waals surface area contributed by atoms with E-state index in [4.69, 9.17) is 0 Å². The summed E-state index contributed by atoms with van der Waals surface area (Å²) in [5.41, 5.74) is 6.15. The Kier molecular flexibility index (Phi) is 5.54. The van der Waals surface area contributed by atoms with E-state index in [9.17, 15) is 9.59 Å². The first-order valence-corrected chi connectivity index (χ1v) is 13.4. The summed E-state index contributed by atoms with van der Waals surface area (Å²) in [6.07, 6.45) is 5.11. The Balaban J connectivity index is 1.16. The van der Waals surface area contributed by atoms with Crippen LogP contribution in [-0.2, 0) is 17.8 Å². The van der Waals surface area contributed by atoms with Crippen molar-refractivity contribution in [3.05, 3.63) is 107 Å². The quantitative estimate of drug-likeness (QED) is 0.316. The summed E-state index contributed by atoms with van der Waals surface area (Å²) in [4.78, 5) is 37.5. The predicted molar refractivity (Wildman–Crippen MR) is 149 cm³/mol. The van der Waals surface area contributed by atoms with Gasteiger partial charge in [0.15, 0.2) is 0 Å². The van der Waals surface area contributed by atoms with E-state index >= 15 is 0 Å². The number of fused-ring (bicyclic) bond motifs is 2. The van der Waals surface area contributed by atoms with Crippen LogP contribution in [-0.4, -0.2) is 50.7 Å². The number of aromatic amines is 2. The molecule has 1 saturated heterocycles. The van der Waals surface area contributed by atoms with E-state index in [1.54, 1.807) is 4.90 Å². The van der Waals surface area contributed by atoms with Crippen LogP contribution in [0, 0.1) is 0 Å². The molecule has 0 unspecified atom stereocenters. The normalized spacial score (nSPS) is 18.0. The van der Waals surface area contributed by atoms with Gasteiger partial charge in [0.2, 0.25) is 5.91 Å². The molecule has 1 atom stereocenters. The lowest BCUT2D eigenvalue weighted by atomic mass is 10.0. The Labute approximate surface area is 221 Å². The van der Waals surface area contributed by atoms with Gasteiger partial charge in [-0.2, -0.15) is 0 Å². The Morgan fingerprint density at radius 3 is 2.58 bits per heavy atom. The lowest BCUT2D eigenvalue weighted by Gasteiger charge is -2.41. The summed E-state index contributed by atoms with van der Waals surface area (Å²) in [5.74, 6) is 0.521. The summed E-state index contributed by atoms with van der Waals surface area (Å²) in [5, 5.41) is 2.21. The predicted octanol–water partition coefficient (Wildman–Crippen LogP) is 5.62.